The van der Waals surface area contributed by atoms with E-state index in [-0.39, 0.29) is 0 Å². The van der Waals surface area contributed by atoms with E-state index in [9.17, 15) is 0 Å². The van der Waals surface area contributed by atoms with Crippen LogP contribution in [0, 0.1) is 11.8 Å². The molecule has 0 aromatic rings. The van der Waals surface area contributed by atoms with Crippen LogP contribution in [0.4, 0.5) is 0 Å². The Bertz CT molecular complexity index is 74.5. The highest BCUT2D eigenvalue weighted by Crippen LogP contribution is 2.34. The predicted octanol–water partition coefficient (Wildman–Crippen LogP) is 0.996. The largest absolute Gasteiger partial charge is 0.381 e. The molecule has 2 atom stereocenters. The average molecular weight is 130 g/mol. The first-order valence-electron chi connectivity index (χ1n) is 3.12. The molecular formula is C6H10OS. The fourth-order valence-corrected chi connectivity index (χ4v) is 2.86. The summed E-state index contributed by atoms with van der Waals surface area (Å²) in [6, 6.07) is 0. The van der Waals surface area contributed by atoms with Crippen LogP contribution >= 0.6 is 11.8 Å². The molecule has 2 rings (SSSR count). The second kappa shape index (κ2) is 1.92. The van der Waals surface area contributed by atoms with E-state index in [0.717, 1.165) is 25.0 Å². The van der Waals surface area contributed by atoms with Gasteiger partial charge >= 0.3 is 0 Å². The zero-order valence-corrected chi connectivity index (χ0v) is 5.62. The first-order chi connectivity index (χ1) is 3.97. The molecule has 46 valence electrons. The highest BCUT2D eigenvalue weighted by molar-refractivity contribution is 7.99. The molecule has 0 radical (unpaired) electrons. The van der Waals surface area contributed by atoms with Crippen molar-refractivity contribution in [2.24, 2.45) is 11.8 Å². The fourth-order valence-electron chi connectivity index (χ4n) is 1.38. The van der Waals surface area contributed by atoms with Crippen LogP contribution in [0.1, 0.15) is 0 Å². The average Bonchev–Trinajstić information content (AvgIpc) is 2.15. The first-order valence-corrected chi connectivity index (χ1v) is 4.28. The minimum Gasteiger partial charge on any atom is -0.381 e. The van der Waals surface area contributed by atoms with Crippen molar-refractivity contribution in [1.82, 2.24) is 0 Å². The monoisotopic (exact) mass is 130 g/mol. The summed E-state index contributed by atoms with van der Waals surface area (Å²) in [6.07, 6.45) is 0. The lowest BCUT2D eigenvalue weighted by atomic mass is 10.0. The molecule has 1 nitrogen and oxygen atoms in total. The lowest BCUT2D eigenvalue weighted by Gasteiger charge is -1.99. The lowest BCUT2D eigenvalue weighted by molar-refractivity contribution is 0.183. The Morgan fingerprint density at radius 2 is 1.75 bits per heavy atom. The number of ether oxygens (including phenoxy) is 1. The van der Waals surface area contributed by atoms with Crippen LogP contribution in [0.3, 0.4) is 0 Å². The van der Waals surface area contributed by atoms with Crippen LogP contribution in [0.15, 0.2) is 0 Å². The van der Waals surface area contributed by atoms with Gasteiger partial charge < -0.3 is 4.74 Å². The van der Waals surface area contributed by atoms with Crippen molar-refractivity contribution in [3.8, 4) is 0 Å². The molecule has 2 heteroatoms. The number of rotatable bonds is 0. The van der Waals surface area contributed by atoms with Gasteiger partial charge in [0.15, 0.2) is 0 Å². The third kappa shape index (κ3) is 0.669. The van der Waals surface area contributed by atoms with Crippen LogP contribution in [-0.2, 0) is 4.74 Å². The van der Waals surface area contributed by atoms with Gasteiger partial charge in [-0.05, 0) is 23.3 Å². The molecule has 8 heavy (non-hydrogen) atoms. The van der Waals surface area contributed by atoms with Gasteiger partial charge in [-0.3, -0.25) is 0 Å². The zero-order valence-electron chi connectivity index (χ0n) is 4.80. The summed E-state index contributed by atoms with van der Waals surface area (Å²) < 4.78 is 5.30. The number of fused-ring (bicyclic) bond motifs is 1. The summed E-state index contributed by atoms with van der Waals surface area (Å²) in [5.74, 6) is 4.54. The van der Waals surface area contributed by atoms with Crippen LogP contribution in [0.5, 0.6) is 0 Å². The van der Waals surface area contributed by atoms with Gasteiger partial charge in [0.25, 0.3) is 0 Å². The van der Waals surface area contributed by atoms with E-state index >= 15 is 0 Å². The Kier molecular flexibility index (Phi) is 1.23. The predicted molar refractivity (Wildman–Crippen MR) is 35.1 cm³/mol. The Morgan fingerprint density at radius 1 is 1.12 bits per heavy atom. The third-order valence-electron chi connectivity index (χ3n) is 1.99. The van der Waals surface area contributed by atoms with Gasteiger partial charge in [0.05, 0.1) is 13.2 Å². The van der Waals surface area contributed by atoms with Crippen LogP contribution in [0.2, 0.25) is 0 Å². The maximum absolute atomic E-state index is 5.30. The van der Waals surface area contributed by atoms with Gasteiger partial charge in [-0.2, -0.15) is 11.8 Å². The van der Waals surface area contributed by atoms with Crippen LogP contribution in [-0.4, -0.2) is 24.7 Å². The smallest absolute Gasteiger partial charge is 0.0506 e. The third-order valence-corrected chi connectivity index (χ3v) is 3.32. The van der Waals surface area contributed by atoms with Crippen LogP contribution in [0.25, 0.3) is 0 Å². The Balaban J connectivity index is 2.04. The molecule has 2 aliphatic rings. The summed E-state index contributed by atoms with van der Waals surface area (Å²) >= 11 is 2.09. The molecule has 0 amide bonds. The molecule has 0 aromatic carbocycles. The number of thioether (sulfide) groups is 1. The molecule has 2 heterocycles. The molecule has 0 N–H and O–H groups in total. The quantitative estimate of drug-likeness (QED) is 0.483. The van der Waals surface area contributed by atoms with E-state index in [4.69, 9.17) is 4.74 Å². The molecule has 2 aliphatic heterocycles. The van der Waals surface area contributed by atoms with Gasteiger partial charge in [-0.1, -0.05) is 0 Å². The van der Waals surface area contributed by atoms with Crippen molar-refractivity contribution in [1.29, 1.82) is 0 Å². The standard InChI is InChI=1S/C6H10OS/c1-5-3-8-4-6(5)2-7-1/h5-6H,1-4H2. The normalized spacial score (nSPS) is 45.0. The van der Waals surface area contributed by atoms with E-state index in [1.165, 1.54) is 11.5 Å². The molecule has 0 spiro atoms. The number of hydrogen-bond acceptors (Lipinski definition) is 2. The van der Waals surface area contributed by atoms with Crippen molar-refractivity contribution >= 4 is 11.8 Å². The summed E-state index contributed by atoms with van der Waals surface area (Å²) in [4.78, 5) is 0. The fraction of sp³-hybridized carbons (Fsp3) is 1.00. The summed E-state index contributed by atoms with van der Waals surface area (Å²) in [6.45, 7) is 2.08. The van der Waals surface area contributed by atoms with E-state index in [1.807, 2.05) is 0 Å². The summed E-state index contributed by atoms with van der Waals surface area (Å²) in [5, 5.41) is 0. The lowest BCUT2D eigenvalue weighted by Crippen LogP contribution is -2.07. The SMILES string of the molecule is C1OCC2CSCC12. The minimum atomic E-state index is 0.917. The Morgan fingerprint density at radius 3 is 2.38 bits per heavy atom. The van der Waals surface area contributed by atoms with Crippen molar-refractivity contribution in [3.63, 3.8) is 0 Å². The molecular weight excluding hydrogens is 120 g/mol. The van der Waals surface area contributed by atoms with Crippen molar-refractivity contribution < 1.29 is 4.74 Å². The van der Waals surface area contributed by atoms with Gasteiger partial charge in [0.1, 0.15) is 0 Å². The maximum Gasteiger partial charge on any atom is 0.0506 e. The van der Waals surface area contributed by atoms with Crippen molar-refractivity contribution in [2.75, 3.05) is 24.7 Å². The molecule has 2 fully saturated rings. The highest BCUT2D eigenvalue weighted by atomic mass is 32.2. The van der Waals surface area contributed by atoms with Crippen LogP contribution < -0.4 is 0 Å². The summed E-state index contributed by atoms with van der Waals surface area (Å²) in [5.41, 5.74) is 0. The van der Waals surface area contributed by atoms with E-state index in [2.05, 4.69) is 11.8 Å². The highest BCUT2D eigenvalue weighted by Gasteiger charge is 2.32. The van der Waals surface area contributed by atoms with Crippen molar-refractivity contribution in [3.05, 3.63) is 0 Å². The van der Waals surface area contributed by atoms with E-state index < -0.39 is 0 Å². The van der Waals surface area contributed by atoms with Gasteiger partial charge in [0.2, 0.25) is 0 Å². The first kappa shape index (κ1) is 5.12. The molecule has 0 aliphatic carbocycles. The van der Waals surface area contributed by atoms with E-state index in [0.29, 0.717) is 0 Å². The number of hydrogen-bond donors (Lipinski definition) is 0. The molecule has 2 saturated heterocycles. The Hall–Kier alpha value is 0.310. The second-order valence-electron chi connectivity index (χ2n) is 2.60. The molecule has 0 saturated carbocycles. The zero-order chi connectivity index (χ0) is 5.40. The van der Waals surface area contributed by atoms with E-state index in [1.54, 1.807) is 0 Å². The summed E-state index contributed by atoms with van der Waals surface area (Å²) in [7, 11) is 0. The minimum absolute atomic E-state index is 0.917. The maximum atomic E-state index is 5.30. The molecule has 2 unspecified atom stereocenters. The van der Waals surface area contributed by atoms with Gasteiger partial charge in [-0.15, -0.1) is 0 Å². The second-order valence-corrected chi connectivity index (χ2v) is 3.67. The molecule has 0 aromatic heterocycles. The van der Waals surface area contributed by atoms with Gasteiger partial charge in [0, 0.05) is 0 Å². The van der Waals surface area contributed by atoms with Crippen molar-refractivity contribution in [2.45, 2.75) is 0 Å². The Labute approximate surface area is 53.8 Å². The molecule has 0 bridgehead atoms. The topological polar surface area (TPSA) is 9.23 Å². The van der Waals surface area contributed by atoms with Gasteiger partial charge in [-0.25, -0.2) is 0 Å².